The van der Waals surface area contributed by atoms with Crippen molar-refractivity contribution in [2.75, 3.05) is 6.61 Å². The topological polar surface area (TPSA) is 26.3 Å². The van der Waals surface area contributed by atoms with Crippen molar-refractivity contribution in [3.05, 3.63) is 65.2 Å². The number of hydrogen-bond acceptors (Lipinski definition) is 2. The maximum atomic E-state index is 11.9. The van der Waals surface area contributed by atoms with Crippen LogP contribution in [0, 0.1) is 6.92 Å². The lowest BCUT2D eigenvalue weighted by molar-refractivity contribution is -0.113. The van der Waals surface area contributed by atoms with Crippen molar-refractivity contribution in [3.63, 3.8) is 0 Å². The van der Waals surface area contributed by atoms with Gasteiger partial charge in [-0.3, -0.25) is 4.79 Å². The molecule has 0 amide bonds. The van der Waals surface area contributed by atoms with Gasteiger partial charge in [0.15, 0.2) is 0 Å². The van der Waals surface area contributed by atoms with Crippen LogP contribution in [0.5, 0.6) is 5.75 Å². The molecule has 1 unspecified atom stereocenters. The molecule has 2 rings (SSSR count). The average Bonchev–Trinajstić information content (AvgIpc) is 2.47. The van der Waals surface area contributed by atoms with E-state index in [2.05, 4.69) is 0 Å². The Morgan fingerprint density at radius 2 is 1.81 bits per heavy atom. The fourth-order valence-electron chi connectivity index (χ4n) is 2.48. The van der Waals surface area contributed by atoms with E-state index in [4.69, 9.17) is 16.3 Å². The molecule has 0 saturated heterocycles. The van der Waals surface area contributed by atoms with Crippen LogP contribution in [0.3, 0.4) is 0 Å². The lowest BCUT2D eigenvalue weighted by Gasteiger charge is -2.17. The van der Waals surface area contributed by atoms with Crippen molar-refractivity contribution in [1.82, 2.24) is 0 Å². The number of carbonyl (C=O) groups is 1. The van der Waals surface area contributed by atoms with Gasteiger partial charge in [-0.05, 0) is 54.6 Å². The van der Waals surface area contributed by atoms with Crippen molar-refractivity contribution in [2.45, 2.75) is 26.2 Å². The maximum Gasteiger partial charge on any atom is 0.229 e. The second-order valence-electron chi connectivity index (χ2n) is 4.96. The fraction of sp³-hybridized carbons (Fsp3) is 0.278. The lowest BCUT2D eigenvalue weighted by atomic mass is 9.90. The Hall–Kier alpha value is -1.80. The number of para-hydroxylation sites is 1. The van der Waals surface area contributed by atoms with Crippen LogP contribution in [0.25, 0.3) is 0 Å². The van der Waals surface area contributed by atoms with Crippen LogP contribution >= 0.6 is 11.6 Å². The number of ether oxygens (including phenoxy) is 1. The van der Waals surface area contributed by atoms with Crippen LogP contribution in [0.2, 0.25) is 0 Å². The van der Waals surface area contributed by atoms with Gasteiger partial charge in [0, 0.05) is 0 Å². The normalized spacial score (nSPS) is 12.0. The molecule has 0 spiro atoms. The third-order valence-electron chi connectivity index (χ3n) is 3.53. The second-order valence-corrected chi connectivity index (χ2v) is 5.33. The molecule has 0 bridgehead atoms. The average molecular weight is 303 g/mol. The number of halogens is 1. The van der Waals surface area contributed by atoms with Crippen molar-refractivity contribution in [3.8, 4) is 5.75 Å². The number of benzene rings is 2. The number of rotatable bonds is 6. The summed E-state index contributed by atoms with van der Waals surface area (Å²) < 4.78 is 5.63. The Morgan fingerprint density at radius 1 is 1.14 bits per heavy atom. The first-order chi connectivity index (χ1) is 10.1. The van der Waals surface area contributed by atoms with Crippen LogP contribution in [0.1, 0.15) is 29.5 Å². The third kappa shape index (κ3) is 3.85. The van der Waals surface area contributed by atoms with Gasteiger partial charge in [0.25, 0.3) is 0 Å². The molecule has 2 nitrogen and oxygen atoms in total. The minimum Gasteiger partial charge on any atom is -0.494 e. The summed E-state index contributed by atoms with van der Waals surface area (Å²) in [6, 6.07) is 15.6. The van der Waals surface area contributed by atoms with Gasteiger partial charge >= 0.3 is 0 Å². The van der Waals surface area contributed by atoms with Gasteiger partial charge in [0.1, 0.15) is 5.75 Å². The zero-order chi connectivity index (χ0) is 15.2. The van der Waals surface area contributed by atoms with E-state index < -0.39 is 0 Å². The molecule has 2 aromatic carbocycles. The molecule has 0 radical (unpaired) electrons. The van der Waals surface area contributed by atoms with Gasteiger partial charge < -0.3 is 4.74 Å². The Balaban J connectivity index is 2.34. The monoisotopic (exact) mass is 302 g/mol. The molecule has 0 aliphatic heterocycles. The first-order valence-corrected chi connectivity index (χ1v) is 7.46. The Bertz CT molecular complexity index is 622. The molecule has 0 aliphatic rings. The minimum absolute atomic E-state index is 0.337. The van der Waals surface area contributed by atoms with Crippen LogP contribution in [0.4, 0.5) is 0 Å². The molecule has 0 N–H and O–H groups in total. The molecule has 1 atom stereocenters. The lowest BCUT2D eigenvalue weighted by Crippen LogP contribution is -2.12. The molecule has 110 valence electrons. The quantitative estimate of drug-likeness (QED) is 0.735. The second kappa shape index (κ2) is 7.28. The zero-order valence-electron chi connectivity index (χ0n) is 12.3. The first-order valence-electron chi connectivity index (χ1n) is 7.09. The van der Waals surface area contributed by atoms with E-state index in [0.717, 1.165) is 22.4 Å². The summed E-state index contributed by atoms with van der Waals surface area (Å²) in [6.07, 6.45) is 0.545. The van der Waals surface area contributed by atoms with Crippen molar-refractivity contribution < 1.29 is 9.53 Å². The largest absolute Gasteiger partial charge is 0.494 e. The van der Waals surface area contributed by atoms with Crippen LogP contribution in [-0.4, -0.2) is 11.8 Å². The van der Waals surface area contributed by atoms with Crippen molar-refractivity contribution >= 4 is 16.8 Å². The first kappa shape index (κ1) is 15.6. The number of carbonyl (C=O) groups excluding carboxylic acids is 1. The summed E-state index contributed by atoms with van der Waals surface area (Å²) in [5.41, 5.74) is 3.05. The highest BCUT2D eigenvalue weighted by molar-refractivity contribution is 6.64. The summed E-state index contributed by atoms with van der Waals surface area (Å²) in [7, 11) is 0. The molecule has 2 aromatic rings. The highest BCUT2D eigenvalue weighted by Crippen LogP contribution is 2.30. The van der Waals surface area contributed by atoms with E-state index in [1.165, 1.54) is 0 Å². The predicted octanol–water partition coefficient (Wildman–Crippen LogP) is 4.49. The summed E-state index contributed by atoms with van der Waals surface area (Å²) in [5.74, 6) is 0.464. The molecule has 3 heteroatoms. The molecule has 0 heterocycles. The standard InChI is InChI=1S/C18H19ClO2/c1-3-21-17-11-7-5-9-14(17)12-16(18(19)20)15-10-6-4-8-13(15)2/h4-11,16H,3,12H2,1-2H3. The predicted molar refractivity (Wildman–Crippen MR) is 86.1 cm³/mol. The summed E-state index contributed by atoms with van der Waals surface area (Å²) in [4.78, 5) is 11.9. The van der Waals surface area contributed by atoms with E-state index in [0.29, 0.717) is 13.0 Å². The SMILES string of the molecule is CCOc1ccccc1CC(C(=O)Cl)c1ccccc1C. The van der Waals surface area contributed by atoms with Gasteiger partial charge in [0.2, 0.25) is 5.24 Å². The summed E-state index contributed by atoms with van der Waals surface area (Å²) >= 11 is 5.85. The number of hydrogen-bond donors (Lipinski definition) is 0. The minimum atomic E-state index is -0.352. The Labute approximate surface area is 130 Å². The summed E-state index contributed by atoms with van der Waals surface area (Å²) in [6.45, 7) is 4.54. The fourth-order valence-corrected chi connectivity index (χ4v) is 2.67. The van der Waals surface area contributed by atoms with Crippen LogP contribution < -0.4 is 4.74 Å². The third-order valence-corrected chi connectivity index (χ3v) is 3.80. The Kier molecular flexibility index (Phi) is 5.40. The van der Waals surface area contributed by atoms with Gasteiger partial charge in [0.05, 0.1) is 12.5 Å². The van der Waals surface area contributed by atoms with E-state index in [1.807, 2.05) is 62.4 Å². The van der Waals surface area contributed by atoms with Gasteiger partial charge in [-0.25, -0.2) is 0 Å². The maximum absolute atomic E-state index is 11.9. The van der Waals surface area contributed by atoms with E-state index in [9.17, 15) is 4.79 Å². The van der Waals surface area contributed by atoms with Gasteiger partial charge in [-0.2, -0.15) is 0 Å². The number of aryl methyl sites for hydroxylation is 1. The van der Waals surface area contributed by atoms with Gasteiger partial charge in [-0.15, -0.1) is 0 Å². The highest BCUT2D eigenvalue weighted by atomic mass is 35.5. The van der Waals surface area contributed by atoms with Crippen LogP contribution in [0.15, 0.2) is 48.5 Å². The van der Waals surface area contributed by atoms with E-state index >= 15 is 0 Å². The Morgan fingerprint density at radius 3 is 2.48 bits per heavy atom. The zero-order valence-corrected chi connectivity index (χ0v) is 13.1. The molecular weight excluding hydrogens is 284 g/mol. The smallest absolute Gasteiger partial charge is 0.229 e. The van der Waals surface area contributed by atoms with E-state index in [-0.39, 0.29) is 11.2 Å². The molecule has 0 saturated carbocycles. The van der Waals surface area contributed by atoms with Crippen molar-refractivity contribution in [1.29, 1.82) is 0 Å². The molecule has 0 aliphatic carbocycles. The van der Waals surface area contributed by atoms with Gasteiger partial charge in [-0.1, -0.05) is 42.5 Å². The summed E-state index contributed by atoms with van der Waals surface area (Å²) in [5, 5.41) is -0.337. The molecule has 21 heavy (non-hydrogen) atoms. The molecular formula is C18H19ClO2. The molecule has 0 fully saturated rings. The van der Waals surface area contributed by atoms with Crippen LogP contribution in [-0.2, 0) is 11.2 Å². The highest BCUT2D eigenvalue weighted by Gasteiger charge is 2.22. The molecule has 0 aromatic heterocycles. The van der Waals surface area contributed by atoms with Crippen molar-refractivity contribution in [2.24, 2.45) is 0 Å². The van der Waals surface area contributed by atoms with E-state index in [1.54, 1.807) is 0 Å².